The molecule has 1 saturated carbocycles. The van der Waals surface area contributed by atoms with Gasteiger partial charge in [-0.1, -0.05) is 0 Å². The van der Waals surface area contributed by atoms with Gasteiger partial charge in [0.2, 0.25) is 0 Å². The minimum atomic E-state index is -4.36. The van der Waals surface area contributed by atoms with Gasteiger partial charge in [0.15, 0.2) is 6.10 Å². The van der Waals surface area contributed by atoms with Crippen LogP contribution >= 0.6 is 0 Å². The molecule has 1 aliphatic carbocycles. The second kappa shape index (κ2) is 4.84. The molecule has 0 unspecified atom stereocenters. The van der Waals surface area contributed by atoms with Crippen molar-refractivity contribution in [3.8, 4) is 0 Å². The smallest absolute Gasteiger partial charge is 0.365 e. The fourth-order valence-corrected chi connectivity index (χ4v) is 2.90. The zero-order chi connectivity index (χ0) is 15.3. The highest BCUT2D eigenvalue weighted by molar-refractivity contribution is 5.88. The van der Waals surface area contributed by atoms with E-state index in [1.165, 1.54) is 6.33 Å². The van der Waals surface area contributed by atoms with Crippen molar-refractivity contribution < 1.29 is 17.9 Å². The summed E-state index contributed by atoms with van der Waals surface area (Å²) in [6.07, 6.45) is -0.508. The van der Waals surface area contributed by atoms with E-state index in [1.807, 2.05) is 12.3 Å². The summed E-state index contributed by atoms with van der Waals surface area (Å²) in [5.74, 6) is 0.557. The van der Waals surface area contributed by atoms with E-state index >= 15 is 0 Å². The maximum absolute atomic E-state index is 12.9. The molecule has 118 valence electrons. The van der Waals surface area contributed by atoms with E-state index in [0.29, 0.717) is 18.4 Å². The van der Waals surface area contributed by atoms with Crippen LogP contribution in [0.2, 0.25) is 0 Å². The number of nitrogens with zero attached hydrogens (tertiary/aromatic N) is 4. The lowest BCUT2D eigenvalue weighted by molar-refractivity contribution is -0.221. The van der Waals surface area contributed by atoms with Gasteiger partial charge in [0.25, 0.3) is 0 Å². The van der Waals surface area contributed by atoms with E-state index < -0.39 is 12.3 Å². The van der Waals surface area contributed by atoms with Crippen LogP contribution in [0.4, 0.5) is 19.0 Å². The first-order chi connectivity index (χ1) is 10.5. The summed E-state index contributed by atoms with van der Waals surface area (Å²) in [6, 6.07) is 2.36. The minimum absolute atomic E-state index is 0.0407. The van der Waals surface area contributed by atoms with E-state index in [9.17, 15) is 13.2 Å². The lowest BCUT2D eigenvalue weighted by atomic mass is 10.2. The van der Waals surface area contributed by atoms with Gasteiger partial charge < -0.3 is 14.2 Å². The Morgan fingerprint density at radius 2 is 2.05 bits per heavy atom. The molecular formula is C14H15F3N4O. The molecule has 0 amide bonds. The molecular weight excluding hydrogens is 297 g/mol. The number of hydrogen-bond acceptors (Lipinski definition) is 4. The number of anilines is 1. The molecule has 2 aliphatic rings. The predicted molar refractivity (Wildman–Crippen MR) is 73.8 cm³/mol. The Morgan fingerprint density at radius 3 is 2.77 bits per heavy atom. The van der Waals surface area contributed by atoms with Crippen LogP contribution in [0.3, 0.4) is 0 Å². The lowest BCUT2D eigenvalue weighted by Gasteiger charge is -2.34. The van der Waals surface area contributed by atoms with Crippen molar-refractivity contribution in [1.82, 2.24) is 14.5 Å². The maximum atomic E-state index is 12.9. The van der Waals surface area contributed by atoms with Crippen LogP contribution in [0, 0.1) is 0 Å². The van der Waals surface area contributed by atoms with Crippen molar-refractivity contribution in [1.29, 1.82) is 0 Å². The van der Waals surface area contributed by atoms with Crippen LogP contribution in [0.1, 0.15) is 18.9 Å². The molecule has 5 nitrogen and oxygen atoms in total. The summed E-state index contributed by atoms with van der Waals surface area (Å²) < 4.78 is 45.6. The Labute approximate surface area is 124 Å². The first-order valence-corrected chi connectivity index (χ1v) is 7.29. The van der Waals surface area contributed by atoms with Gasteiger partial charge in [0.05, 0.1) is 18.5 Å². The third kappa shape index (κ3) is 2.31. The summed E-state index contributed by atoms with van der Waals surface area (Å²) in [4.78, 5) is 10.2. The summed E-state index contributed by atoms with van der Waals surface area (Å²) in [5, 5.41) is 0.803. The van der Waals surface area contributed by atoms with Gasteiger partial charge in [-0.25, -0.2) is 9.97 Å². The number of rotatable bonds is 2. The largest absolute Gasteiger partial charge is 0.416 e. The van der Waals surface area contributed by atoms with Crippen LogP contribution in [0.25, 0.3) is 11.0 Å². The van der Waals surface area contributed by atoms with Gasteiger partial charge in [-0.3, -0.25) is 0 Å². The number of ether oxygens (including phenoxy) is 1. The second-order valence-corrected chi connectivity index (χ2v) is 5.74. The number of hydrogen-bond donors (Lipinski definition) is 0. The van der Waals surface area contributed by atoms with E-state index in [0.717, 1.165) is 23.9 Å². The van der Waals surface area contributed by atoms with Crippen molar-refractivity contribution >= 4 is 16.9 Å². The first-order valence-electron chi connectivity index (χ1n) is 7.29. The molecule has 2 aromatic rings. The molecule has 2 aromatic heterocycles. The summed E-state index contributed by atoms with van der Waals surface area (Å²) >= 11 is 0. The fourth-order valence-electron chi connectivity index (χ4n) is 2.90. The van der Waals surface area contributed by atoms with E-state index in [1.54, 1.807) is 4.90 Å². The van der Waals surface area contributed by atoms with E-state index in [2.05, 4.69) is 14.5 Å². The maximum Gasteiger partial charge on any atom is 0.416 e. The molecule has 3 heterocycles. The van der Waals surface area contributed by atoms with Crippen LogP contribution in [-0.2, 0) is 4.74 Å². The monoisotopic (exact) mass is 312 g/mol. The molecule has 8 heteroatoms. The number of morpholine rings is 1. The van der Waals surface area contributed by atoms with E-state index in [4.69, 9.17) is 4.74 Å². The fraction of sp³-hybridized carbons (Fsp3) is 0.571. The number of alkyl halides is 3. The molecule has 0 aromatic carbocycles. The Hall–Kier alpha value is -1.83. The zero-order valence-electron chi connectivity index (χ0n) is 11.8. The molecule has 22 heavy (non-hydrogen) atoms. The standard InChI is InChI=1S/C14H15F3N4O/c15-14(16,17)11-7-20(5-6-22-11)12-10-3-4-21(9-1-2-9)13(10)19-8-18-12/h3-4,8-9,11H,1-2,5-7H2/t11-/m0/s1. The highest BCUT2D eigenvalue weighted by Gasteiger charge is 2.44. The molecule has 4 rings (SSSR count). The predicted octanol–water partition coefficient (Wildman–Crippen LogP) is 2.53. The third-order valence-corrected chi connectivity index (χ3v) is 4.16. The van der Waals surface area contributed by atoms with Gasteiger partial charge >= 0.3 is 6.18 Å². The van der Waals surface area contributed by atoms with Gasteiger partial charge in [-0.15, -0.1) is 0 Å². The quantitative estimate of drug-likeness (QED) is 0.855. The SMILES string of the molecule is FC(F)(F)[C@@H]1CN(c2ncnc3c2ccn3C2CC2)CCO1. The highest BCUT2D eigenvalue weighted by Crippen LogP contribution is 2.38. The average Bonchev–Trinajstić information content (AvgIpc) is 3.25. The molecule has 0 bridgehead atoms. The Balaban J connectivity index is 1.68. The van der Waals surface area contributed by atoms with Gasteiger partial charge in [-0.2, -0.15) is 13.2 Å². The van der Waals surface area contributed by atoms with Crippen molar-refractivity contribution in [3.63, 3.8) is 0 Å². The summed E-state index contributed by atoms with van der Waals surface area (Å²) in [7, 11) is 0. The van der Waals surface area contributed by atoms with Crippen LogP contribution in [-0.4, -0.2) is 46.5 Å². The van der Waals surface area contributed by atoms with Gasteiger partial charge in [-0.05, 0) is 18.9 Å². The topological polar surface area (TPSA) is 43.2 Å². The Kier molecular flexibility index (Phi) is 3.04. The number of halogens is 3. The molecule has 1 saturated heterocycles. The van der Waals surface area contributed by atoms with Gasteiger partial charge in [0.1, 0.15) is 17.8 Å². The molecule has 0 radical (unpaired) electrons. The highest BCUT2D eigenvalue weighted by atomic mass is 19.4. The average molecular weight is 312 g/mol. The first kappa shape index (κ1) is 13.8. The number of fused-ring (bicyclic) bond motifs is 1. The molecule has 2 fully saturated rings. The van der Waals surface area contributed by atoms with Crippen LogP contribution in [0.15, 0.2) is 18.6 Å². The second-order valence-electron chi connectivity index (χ2n) is 5.74. The van der Waals surface area contributed by atoms with Gasteiger partial charge in [0, 0.05) is 18.8 Å². The lowest BCUT2D eigenvalue weighted by Crippen LogP contribution is -2.49. The summed E-state index contributed by atoms with van der Waals surface area (Å²) in [5.41, 5.74) is 0.794. The third-order valence-electron chi connectivity index (χ3n) is 4.16. The zero-order valence-corrected chi connectivity index (χ0v) is 11.8. The van der Waals surface area contributed by atoms with Crippen LogP contribution < -0.4 is 4.90 Å². The van der Waals surface area contributed by atoms with Crippen molar-refractivity contribution in [2.24, 2.45) is 0 Å². The van der Waals surface area contributed by atoms with Crippen LogP contribution in [0.5, 0.6) is 0 Å². The van der Waals surface area contributed by atoms with Crippen molar-refractivity contribution in [3.05, 3.63) is 18.6 Å². The molecule has 0 N–H and O–H groups in total. The minimum Gasteiger partial charge on any atom is -0.365 e. The molecule has 1 atom stereocenters. The molecule has 0 spiro atoms. The van der Waals surface area contributed by atoms with E-state index in [-0.39, 0.29) is 13.2 Å². The normalized spacial score (nSPS) is 23.2. The Bertz CT molecular complexity index is 695. The molecule has 1 aliphatic heterocycles. The van der Waals surface area contributed by atoms with Crippen molar-refractivity contribution in [2.75, 3.05) is 24.6 Å². The summed E-state index contributed by atoms with van der Waals surface area (Å²) in [6.45, 7) is 0.205. The van der Waals surface area contributed by atoms with Crippen molar-refractivity contribution in [2.45, 2.75) is 31.2 Å². The Morgan fingerprint density at radius 1 is 1.23 bits per heavy atom. The number of aromatic nitrogens is 3.